The molecule has 0 unspecified atom stereocenters. The molecule has 0 bridgehead atoms. The van der Waals surface area contributed by atoms with Gasteiger partial charge in [-0.25, -0.2) is 0 Å². The maximum atomic E-state index is 11.1. The first-order chi connectivity index (χ1) is 5.82. The minimum absolute atomic E-state index is 0.179. The largest absolute Gasteiger partial charge is 0.280 e. The van der Waals surface area contributed by atoms with Crippen LogP contribution in [0.25, 0.3) is 0 Å². The number of aryl methyl sites for hydroxylation is 1. The first kappa shape index (κ1) is 10.3. The molecule has 0 atom stereocenters. The third-order valence-corrected chi connectivity index (χ3v) is 1.92. The summed E-state index contributed by atoms with van der Waals surface area (Å²) < 4.78 is 1.71. The first-order valence-electron chi connectivity index (χ1n) is 4.13. The highest BCUT2D eigenvalue weighted by atomic mass is 32.1. The Morgan fingerprint density at radius 2 is 2.08 bits per heavy atom. The average molecular weight is 198 g/mol. The maximum Gasteiger partial charge on any atom is 0.234 e. The highest BCUT2D eigenvalue weighted by Gasteiger charge is 2.20. The van der Waals surface area contributed by atoms with E-state index >= 15 is 0 Å². The van der Waals surface area contributed by atoms with E-state index in [1.807, 2.05) is 27.7 Å². The van der Waals surface area contributed by atoms with Crippen molar-refractivity contribution in [3.8, 4) is 0 Å². The molecular weight excluding hydrogens is 184 g/mol. The molecule has 3 nitrogen and oxygen atoms in total. The van der Waals surface area contributed by atoms with Crippen LogP contribution in [0.1, 0.15) is 37.0 Å². The summed E-state index contributed by atoms with van der Waals surface area (Å²) in [6.07, 6.45) is 0. The molecule has 1 heterocycles. The molecule has 0 amide bonds. The molecule has 0 saturated carbocycles. The molecule has 1 aromatic heterocycles. The van der Waals surface area contributed by atoms with E-state index in [0.717, 1.165) is 5.69 Å². The summed E-state index contributed by atoms with van der Waals surface area (Å²) in [5.41, 5.74) is 1.21. The number of hydrogen-bond acceptors (Lipinski definition) is 2. The third kappa shape index (κ3) is 2.12. The van der Waals surface area contributed by atoms with Gasteiger partial charge in [0.05, 0.1) is 11.2 Å². The monoisotopic (exact) mass is 198 g/mol. The molecule has 0 N–H and O–H groups in total. The summed E-state index contributed by atoms with van der Waals surface area (Å²) in [7, 11) is 0. The van der Waals surface area contributed by atoms with Crippen molar-refractivity contribution in [2.24, 2.45) is 0 Å². The SMILES string of the molecule is Cc1cc(C(=O)S)n(C(C)(C)C)n1. The van der Waals surface area contributed by atoms with Crippen molar-refractivity contribution in [3.05, 3.63) is 17.5 Å². The highest BCUT2D eigenvalue weighted by molar-refractivity contribution is 7.97. The van der Waals surface area contributed by atoms with Crippen LogP contribution in [0.3, 0.4) is 0 Å². The predicted octanol–water partition coefficient (Wildman–Crippen LogP) is 2.02. The van der Waals surface area contributed by atoms with Gasteiger partial charge in [-0.05, 0) is 33.8 Å². The smallest absolute Gasteiger partial charge is 0.234 e. The van der Waals surface area contributed by atoms with Crippen LogP contribution in [0.4, 0.5) is 0 Å². The molecule has 4 heteroatoms. The van der Waals surface area contributed by atoms with Crippen LogP contribution in [-0.2, 0) is 5.54 Å². The average Bonchev–Trinajstić information content (AvgIpc) is 2.29. The van der Waals surface area contributed by atoms with E-state index in [4.69, 9.17) is 0 Å². The molecule has 0 spiro atoms. The van der Waals surface area contributed by atoms with Crippen molar-refractivity contribution in [3.63, 3.8) is 0 Å². The molecule has 72 valence electrons. The molecule has 0 aromatic carbocycles. The van der Waals surface area contributed by atoms with Gasteiger partial charge in [-0.3, -0.25) is 9.48 Å². The van der Waals surface area contributed by atoms with Crippen LogP contribution < -0.4 is 0 Å². The van der Waals surface area contributed by atoms with Crippen LogP contribution in [0.5, 0.6) is 0 Å². The summed E-state index contributed by atoms with van der Waals surface area (Å²) in [6, 6.07) is 1.75. The van der Waals surface area contributed by atoms with Crippen LogP contribution in [0.2, 0.25) is 0 Å². The van der Waals surface area contributed by atoms with Gasteiger partial charge in [0, 0.05) is 0 Å². The summed E-state index contributed by atoms with van der Waals surface area (Å²) in [4.78, 5) is 11.1. The highest BCUT2D eigenvalue weighted by Crippen LogP contribution is 2.18. The molecule has 0 radical (unpaired) electrons. The van der Waals surface area contributed by atoms with Gasteiger partial charge < -0.3 is 0 Å². The first-order valence-corrected chi connectivity index (χ1v) is 4.57. The molecule has 0 aliphatic carbocycles. The molecule has 0 aliphatic rings. The summed E-state index contributed by atoms with van der Waals surface area (Å²) in [5, 5.41) is 4.01. The minimum Gasteiger partial charge on any atom is -0.280 e. The normalized spacial score (nSPS) is 11.8. The van der Waals surface area contributed by atoms with E-state index in [0.29, 0.717) is 5.69 Å². The second-order valence-corrected chi connectivity index (χ2v) is 4.46. The van der Waals surface area contributed by atoms with Crippen LogP contribution in [-0.4, -0.2) is 14.9 Å². The number of hydrogen-bond donors (Lipinski definition) is 1. The van der Waals surface area contributed by atoms with Gasteiger partial charge in [0.15, 0.2) is 0 Å². The van der Waals surface area contributed by atoms with Gasteiger partial charge >= 0.3 is 0 Å². The Morgan fingerprint density at radius 1 is 1.54 bits per heavy atom. The van der Waals surface area contributed by atoms with E-state index < -0.39 is 0 Å². The Hall–Kier alpha value is -0.770. The Bertz CT molecular complexity index is 336. The molecule has 1 rings (SSSR count). The van der Waals surface area contributed by atoms with Gasteiger partial charge in [-0.1, -0.05) is 12.6 Å². The molecule has 13 heavy (non-hydrogen) atoms. The standard InChI is InChI=1S/C9H14N2OS/c1-6-5-7(8(12)13)11(10-6)9(2,3)4/h5H,1-4H3,(H,12,13). The zero-order chi connectivity index (χ0) is 10.2. The zero-order valence-corrected chi connectivity index (χ0v) is 9.22. The molecule has 1 aromatic rings. The van der Waals surface area contributed by atoms with E-state index in [-0.39, 0.29) is 10.7 Å². The Morgan fingerprint density at radius 3 is 2.38 bits per heavy atom. The zero-order valence-electron chi connectivity index (χ0n) is 8.33. The summed E-state index contributed by atoms with van der Waals surface area (Å²) >= 11 is 3.80. The number of aromatic nitrogens is 2. The van der Waals surface area contributed by atoms with Crippen molar-refractivity contribution in [1.29, 1.82) is 0 Å². The van der Waals surface area contributed by atoms with Gasteiger partial charge in [0.2, 0.25) is 5.12 Å². The number of thiol groups is 1. The van der Waals surface area contributed by atoms with Crippen molar-refractivity contribution >= 4 is 17.7 Å². The lowest BCUT2D eigenvalue weighted by Gasteiger charge is -2.21. The predicted molar refractivity (Wildman–Crippen MR) is 55.3 cm³/mol. The molecular formula is C9H14N2OS. The summed E-state index contributed by atoms with van der Waals surface area (Å²) in [6.45, 7) is 7.86. The lowest BCUT2D eigenvalue weighted by molar-refractivity contribution is 0.107. The maximum absolute atomic E-state index is 11.1. The lowest BCUT2D eigenvalue weighted by atomic mass is 10.1. The third-order valence-electron chi connectivity index (χ3n) is 1.69. The van der Waals surface area contributed by atoms with E-state index in [9.17, 15) is 4.79 Å². The fourth-order valence-corrected chi connectivity index (χ4v) is 1.32. The van der Waals surface area contributed by atoms with Crippen molar-refractivity contribution < 1.29 is 4.79 Å². The Kier molecular flexibility index (Phi) is 2.52. The van der Waals surface area contributed by atoms with Crippen LogP contribution >= 0.6 is 12.6 Å². The second kappa shape index (κ2) is 3.18. The van der Waals surface area contributed by atoms with Crippen LogP contribution in [0.15, 0.2) is 6.07 Å². The second-order valence-electron chi connectivity index (χ2n) is 4.06. The van der Waals surface area contributed by atoms with Crippen molar-refractivity contribution in [1.82, 2.24) is 9.78 Å². The minimum atomic E-state index is -0.240. The van der Waals surface area contributed by atoms with Gasteiger partial charge in [0.25, 0.3) is 0 Å². The summed E-state index contributed by atoms with van der Waals surface area (Å²) in [5.74, 6) is 0. The van der Waals surface area contributed by atoms with E-state index in [1.54, 1.807) is 10.7 Å². The number of rotatable bonds is 1. The fourth-order valence-electron chi connectivity index (χ4n) is 1.16. The van der Waals surface area contributed by atoms with Gasteiger partial charge in [-0.15, -0.1) is 0 Å². The Balaban J connectivity index is 3.28. The van der Waals surface area contributed by atoms with Gasteiger partial charge in [-0.2, -0.15) is 5.10 Å². The Labute approximate surface area is 83.5 Å². The quantitative estimate of drug-likeness (QED) is 0.701. The molecule has 0 saturated heterocycles. The number of nitrogens with zero attached hydrogens (tertiary/aromatic N) is 2. The lowest BCUT2D eigenvalue weighted by Crippen LogP contribution is -2.26. The topological polar surface area (TPSA) is 34.9 Å². The van der Waals surface area contributed by atoms with E-state index in [1.165, 1.54) is 0 Å². The van der Waals surface area contributed by atoms with Crippen LogP contribution in [0, 0.1) is 6.92 Å². The van der Waals surface area contributed by atoms with Gasteiger partial charge in [0.1, 0.15) is 5.69 Å². The van der Waals surface area contributed by atoms with Crippen molar-refractivity contribution in [2.45, 2.75) is 33.2 Å². The molecule has 0 fully saturated rings. The van der Waals surface area contributed by atoms with E-state index in [2.05, 4.69) is 17.7 Å². The number of carbonyl (C=O) groups is 1. The van der Waals surface area contributed by atoms with Crippen molar-refractivity contribution in [2.75, 3.05) is 0 Å². The number of carbonyl (C=O) groups excluding carboxylic acids is 1. The molecule has 0 aliphatic heterocycles. The fraction of sp³-hybridized carbons (Fsp3) is 0.556.